The van der Waals surface area contributed by atoms with E-state index in [4.69, 9.17) is 0 Å². The smallest absolute Gasteiger partial charge is 0.153 e. The van der Waals surface area contributed by atoms with Gasteiger partial charge in [-0.2, -0.15) is 0 Å². The fourth-order valence-electron chi connectivity index (χ4n) is 1.55. The average molecular weight is 188 g/mol. The number of hydrogen-bond acceptors (Lipinski definition) is 1. The zero-order valence-corrected chi connectivity index (χ0v) is 7.75. The van der Waals surface area contributed by atoms with Gasteiger partial charge >= 0.3 is 0 Å². The molecule has 0 fully saturated rings. The second-order valence-corrected chi connectivity index (χ2v) is 3.30. The van der Waals surface area contributed by atoms with Gasteiger partial charge in [-0.25, -0.2) is 4.39 Å². The minimum Gasteiger partial charge on any atom is -0.298 e. The van der Waals surface area contributed by atoms with Crippen molar-refractivity contribution >= 4 is 17.1 Å². The van der Waals surface area contributed by atoms with E-state index in [0.29, 0.717) is 11.7 Å². The number of carbonyl (C=O) groups excluding carboxylic acids is 1. The molecule has 1 nitrogen and oxygen atoms in total. The van der Waals surface area contributed by atoms with Crippen molar-refractivity contribution in [3.05, 3.63) is 47.3 Å². The Bertz CT molecular complexity index is 498. The van der Waals surface area contributed by atoms with E-state index in [1.54, 1.807) is 6.07 Å². The summed E-state index contributed by atoms with van der Waals surface area (Å²) in [6.45, 7) is 1.92. The van der Waals surface area contributed by atoms with Crippen LogP contribution in [-0.4, -0.2) is 6.29 Å². The Balaban J connectivity index is 2.91. The summed E-state index contributed by atoms with van der Waals surface area (Å²) < 4.78 is 13.2. The number of aldehydes is 1. The fraction of sp³-hybridized carbons (Fsp3) is 0.0833. The predicted molar refractivity (Wildman–Crippen MR) is 54.0 cm³/mol. The van der Waals surface area contributed by atoms with Crippen molar-refractivity contribution < 1.29 is 9.18 Å². The number of rotatable bonds is 1. The van der Waals surface area contributed by atoms with Crippen LogP contribution >= 0.6 is 0 Å². The summed E-state index contributed by atoms with van der Waals surface area (Å²) in [7, 11) is 0. The third-order valence-electron chi connectivity index (χ3n) is 2.28. The van der Waals surface area contributed by atoms with Crippen molar-refractivity contribution in [2.45, 2.75) is 6.92 Å². The summed E-state index contributed by atoms with van der Waals surface area (Å²) in [6.07, 6.45) is 0.567. The lowest BCUT2D eigenvalue weighted by atomic mass is 10.0. The summed E-state index contributed by atoms with van der Waals surface area (Å²) in [6, 6.07) is 8.65. The molecule has 0 spiro atoms. The number of aryl methyl sites for hydroxylation is 1. The molecule has 0 aliphatic carbocycles. The van der Waals surface area contributed by atoms with Crippen LogP contribution in [-0.2, 0) is 0 Å². The maximum absolute atomic E-state index is 13.2. The number of halogens is 1. The quantitative estimate of drug-likeness (QED) is 0.628. The van der Waals surface area contributed by atoms with E-state index in [9.17, 15) is 9.18 Å². The number of hydrogen-bond donors (Lipinski definition) is 0. The van der Waals surface area contributed by atoms with Crippen molar-refractivity contribution in [2.75, 3.05) is 0 Å². The molecular formula is C12H9FO. The highest BCUT2D eigenvalue weighted by Crippen LogP contribution is 2.21. The maximum atomic E-state index is 13.2. The van der Waals surface area contributed by atoms with Crippen molar-refractivity contribution in [2.24, 2.45) is 0 Å². The normalized spacial score (nSPS) is 10.4. The second kappa shape index (κ2) is 3.22. The first-order chi connectivity index (χ1) is 6.72. The number of fused-ring (bicyclic) bond motifs is 1. The summed E-state index contributed by atoms with van der Waals surface area (Å²) in [5.41, 5.74) is 1.16. The largest absolute Gasteiger partial charge is 0.298 e. The van der Waals surface area contributed by atoms with Gasteiger partial charge in [0.15, 0.2) is 6.29 Å². The molecule has 0 saturated carbocycles. The van der Waals surface area contributed by atoms with Gasteiger partial charge in [0.2, 0.25) is 0 Å². The van der Waals surface area contributed by atoms with E-state index >= 15 is 0 Å². The Hall–Kier alpha value is -1.70. The first-order valence-corrected chi connectivity index (χ1v) is 4.36. The van der Waals surface area contributed by atoms with Gasteiger partial charge in [-0.15, -0.1) is 0 Å². The highest BCUT2D eigenvalue weighted by atomic mass is 19.1. The first-order valence-electron chi connectivity index (χ1n) is 4.36. The number of benzene rings is 2. The Morgan fingerprint density at radius 2 is 1.93 bits per heavy atom. The molecule has 0 unspecified atom stereocenters. The predicted octanol–water partition coefficient (Wildman–Crippen LogP) is 3.10. The van der Waals surface area contributed by atoms with Crippen LogP contribution in [0.3, 0.4) is 0 Å². The average Bonchev–Trinajstić information content (AvgIpc) is 2.17. The molecule has 0 N–H and O–H groups in total. The minimum absolute atomic E-state index is 0.145. The lowest BCUT2D eigenvalue weighted by Crippen LogP contribution is -1.89. The lowest BCUT2D eigenvalue weighted by Gasteiger charge is -2.03. The molecule has 70 valence electrons. The maximum Gasteiger partial charge on any atom is 0.153 e. The molecule has 0 amide bonds. The zero-order chi connectivity index (χ0) is 10.1. The Kier molecular flexibility index (Phi) is 2.04. The van der Waals surface area contributed by atoms with Crippen molar-refractivity contribution in [1.29, 1.82) is 0 Å². The zero-order valence-electron chi connectivity index (χ0n) is 7.75. The van der Waals surface area contributed by atoms with Gasteiger partial charge < -0.3 is 0 Å². The molecule has 0 aliphatic rings. The molecule has 2 aromatic rings. The van der Waals surface area contributed by atoms with E-state index in [2.05, 4.69) is 0 Å². The SMILES string of the molecule is Cc1ccc2ccc(F)c(C=O)c2c1. The molecule has 0 bridgehead atoms. The molecule has 0 radical (unpaired) electrons. The highest BCUT2D eigenvalue weighted by Gasteiger charge is 2.05. The van der Waals surface area contributed by atoms with E-state index in [0.717, 1.165) is 10.9 Å². The minimum atomic E-state index is -0.460. The van der Waals surface area contributed by atoms with Crippen molar-refractivity contribution in [3.8, 4) is 0 Å². The molecule has 0 atom stereocenters. The van der Waals surface area contributed by atoms with E-state index < -0.39 is 5.82 Å². The summed E-state index contributed by atoms with van der Waals surface area (Å²) in [4.78, 5) is 10.7. The van der Waals surface area contributed by atoms with Crippen LogP contribution < -0.4 is 0 Å². The lowest BCUT2D eigenvalue weighted by molar-refractivity contribution is 0.112. The van der Waals surface area contributed by atoms with Gasteiger partial charge in [-0.1, -0.05) is 29.8 Å². The van der Waals surface area contributed by atoms with Crippen LogP contribution in [0.2, 0.25) is 0 Å². The second-order valence-electron chi connectivity index (χ2n) is 3.30. The van der Waals surface area contributed by atoms with Gasteiger partial charge in [0.25, 0.3) is 0 Å². The van der Waals surface area contributed by atoms with E-state index in [-0.39, 0.29) is 5.56 Å². The molecule has 0 heterocycles. The Labute approximate surface area is 81.2 Å². The third kappa shape index (κ3) is 1.29. The monoisotopic (exact) mass is 188 g/mol. The molecule has 14 heavy (non-hydrogen) atoms. The van der Waals surface area contributed by atoms with Gasteiger partial charge in [0.1, 0.15) is 5.82 Å². The molecule has 0 aromatic heterocycles. The van der Waals surface area contributed by atoms with Crippen molar-refractivity contribution in [3.63, 3.8) is 0 Å². The molecule has 2 rings (SSSR count). The Morgan fingerprint density at radius 1 is 1.21 bits per heavy atom. The van der Waals surface area contributed by atoms with Gasteiger partial charge in [0, 0.05) is 0 Å². The topological polar surface area (TPSA) is 17.1 Å². The summed E-state index contributed by atoms with van der Waals surface area (Å²) in [5, 5.41) is 1.57. The summed E-state index contributed by atoms with van der Waals surface area (Å²) >= 11 is 0. The molecular weight excluding hydrogens is 179 g/mol. The number of carbonyl (C=O) groups is 1. The highest BCUT2D eigenvalue weighted by molar-refractivity contribution is 5.98. The third-order valence-corrected chi connectivity index (χ3v) is 2.28. The Morgan fingerprint density at radius 3 is 2.64 bits per heavy atom. The van der Waals surface area contributed by atoms with E-state index in [1.807, 2.05) is 25.1 Å². The molecule has 0 aliphatic heterocycles. The van der Waals surface area contributed by atoms with Crippen LogP contribution in [0.1, 0.15) is 15.9 Å². The van der Waals surface area contributed by atoms with Crippen molar-refractivity contribution in [1.82, 2.24) is 0 Å². The van der Waals surface area contributed by atoms with Crippen LogP contribution in [0.25, 0.3) is 10.8 Å². The van der Waals surface area contributed by atoms with Crippen LogP contribution in [0.15, 0.2) is 30.3 Å². The van der Waals surface area contributed by atoms with Crippen LogP contribution in [0.5, 0.6) is 0 Å². The molecule has 2 aromatic carbocycles. The van der Waals surface area contributed by atoms with Gasteiger partial charge in [0.05, 0.1) is 5.56 Å². The standard InChI is InChI=1S/C12H9FO/c1-8-2-3-9-4-5-12(13)11(7-14)10(9)6-8/h2-7H,1H3. The first kappa shape index (κ1) is 8.88. The molecule has 0 saturated heterocycles. The van der Waals surface area contributed by atoms with E-state index in [1.165, 1.54) is 6.07 Å². The summed E-state index contributed by atoms with van der Waals surface area (Å²) in [5.74, 6) is -0.460. The van der Waals surface area contributed by atoms with Crippen LogP contribution in [0, 0.1) is 12.7 Å². The van der Waals surface area contributed by atoms with Gasteiger partial charge in [-0.05, 0) is 23.8 Å². The van der Waals surface area contributed by atoms with Gasteiger partial charge in [-0.3, -0.25) is 4.79 Å². The fourth-order valence-corrected chi connectivity index (χ4v) is 1.55. The van der Waals surface area contributed by atoms with Crippen LogP contribution in [0.4, 0.5) is 4.39 Å². The molecule has 2 heteroatoms.